The van der Waals surface area contributed by atoms with E-state index in [2.05, 4.69) is 15.0 Å². The van der Waals surface area contributed by atoms with Gasteiger partial charge in [-0.25, -0.2) is 15.0 Å². The summed E-state index contributed by atoms with van der Waals surface area (Å²) in [7, 11) is 1.55. The fourth-order valence-corrected chi connectivity index (χ4v) is 1.81. The third-order valence-corrected chi connectivity index (χ3v) is 2.78. The number of rotatable bonds is 3. The average Bonchev–Trinajstić information content (AvgIpc) is 2.78. The SMILES string of the molecule is COc1cc(-c2ncc(CO)s2)ncn1. The second-order valence-electron chi connectivity index (χ2n) is 2.74. The fraction of sp³-hybridized carbons (Fsp3) is 0.222. The zero-order valence-electron chi connectivity index (χ0n) is 8.04. The molecule has 0 atom stereocenters. The van der Waals surface area contributed by atoms with Crippen LogP contribution in [0.15, 0.2) is 18.6 Å². The number of hydrogen-bond donors (Lipinski definition) is 1. The molecule has 0 fully saturated rings. The summed E-state index contributed by atoms with van der Waals surface area (Å²) >= 11 is 1.40. The minimum Gasteiger partial charge on any atom is -0.481 e. The summed E-state index contributed by atoms with van der Waals surface area (Å²) in [6, 6.07) is 1.71. The van der Waals surface area contributed by atoms with E-state index in [1.807, 2.05) is 0 Å². The second kappa shape index (κ2) is 4.33. The Balaban J connectivity index is 2.35. The van der Waals surface area contributed by atoms with Crippen LogP contribution in [0.1, 0.15) is 4.88 Å². The molecule has 0 unspecified atom stereocenters. The highest BCUT2D eigenvalue weighted by Gasteiger charge is 2.06. The Morgan fingerprint density at radius 3 is 2.93 bits per heavy atom. The van der Waals surface area contributed by atoms with Crippen molar-refractivity contribution in [1.29, 1.82) is 0 Å². The quantitative estimate of drug-likeness (QED) is 0.843. The van der Waals surface area contributed by atoms with E-state index in [1.165, 1.54) is 17.7 Å². The van der Waals surface area contributed by atoms with Crippen molar-refractivity contribution in [3.05, 3.63) is 23.5 Å². The van der Waals surface area contributed by atoms with Crippen LogP contribution < -0.4 is 4.74 Å². The van der Waals surface area contributed by atoms with Crippen LogP contribution >= 0.6 is 11.3 Å². The molecule has 2 aromatic rings. The Hall–Kier alpha value is -1.53. The standard InChI is InChI=1S/C9H9N3O2S/c1-14-8-2-7(11-5-12-8)9-10-3-6(4-13)15-9/h2-3,5,13H,4H2,1H3. The lowest BCUT2D eigenvalue weighted by molar-refractivity contribution is 0.285. The molecule has 0 aliphatic heterocycles. The van der Waals surface area contributed by atoms with E-state index in [0.717, 1.165) is 9.88 Å². The van der Waals surface area contributed by atoms with Gasteiger partial charge in [0.05, 0.1) is 18.6 Å². The fourth-order valence-electron chi connectivity index (χ4n) is 1.07. The predicted octanol–water partition coefficient (Wildman–Crippen LogP) is 1.10. The van der Waals surface area contributed by atoms with Crippen molar-refractivity contribution in [1.82, 2.24) is 15.0 Å². The minimum atomic E-state index is -0.000114. The van der Waals surface area contributed by atoms with Gasteiger partial charge >= 0.3 is 0 Å². The number of aromatic nitrogens is 3. The molecule has 0 amide bonds. The van der Waals surface area contributed by atoms with Crippen LogP contribution in [-0.2, 0) is 6.61 Å². The third-order valence-electron chi connectivity index (χ3n) is 1.78. The molecule has 1 N–H and O–H groups in total. The second-order valence-corrected chi connectivity index (χ2v) is 3.85. The number of thiazole rings is 1. The predicted molar refractivity (Wildman–Crippen MR) is 55.6 cm³/mol. The van der Waals surface area contributed by atoms with Gasteiger partial charge in [-0.15, -0.1) is 11.3 Å². The molecule has 0 saturated heterocycles. The molecule has 0 aliphatic carbocycles. The summed E-state index contributed by atoms with van der Waals surface area (Å²) in [4.78, 5) is 12.9. The maximum Gasteiger partial charge on any atom is 0.216 e. The summed E-state index contributed by atoms with van der Waals surface area (Å²) in [6.07, 6.45) is 3.06. The molecule has 0 radical (unpaired) electrons. The van der Waals surface area contributed by atoms with Crippen LogP contribution in [0.2, 0.25) is 0 Å². The van der Waals surface area contributed by atoms with E-state index in [9.17, 15) is 0 Å². The van der Waals surface area contributed by atoms with Crippen LogP contribution in [0.25, 0.3) is 10.7 Å². The smallest absolute Gasteiger partial charge is 0.216 e. The topological polar surface area (TPSA) is 68.1 Å². The van der Waals surface area contributed by atoms with Crippen molar-refractivity contribution in [3.63, 3.8) is 0 Å². The van der Waals surface area contributed by atoms with Crippen molar-refractivity contribution in [2.24, 2.45) is 0 Å². The van der Waals surface area contributed by atoms with E-state index in [0.29, 0.717) is 11.6 Å². The Morgan fingerprint density at radius 2 is 2.27 bits per heavy atom. The zero-order valence-corrected chi connectivity index (χ0v) is 8.86. The molecule has 2 rings (SSSR count). The van der Waals surface area contributed by atoms with E-state index in [1.54, 1.807) is 19.4 Å². The molecule has 15 heavy (non-hydrogen) atoms. The largest absolute Gasteiger partial charge is 0.481 e. The summed E-state index contributed by atoms with van der Waals surface area (Å²) in [5, 5.41) is 9.66. The van der Waals surface area contributed by atoms with Gasteiger partial charge in [0, 0.05) is 12.3 Å². The van der Waals surface area contributed by atoms with Gasteiger partial charge in [0.25, 0.3) is 0 Å². The van der Waals surface area contributed by atoms with Crippen LogP contribution in [0.3, 0.4) is 0 Å². The Bertz CT molecular complexity index is 458. The van der Waals surface area contributed by atoms with Gasteiger partial charge in [-0.05, 0) is 0 Å². The zero-order chi connectivity index (χ0) is 10.7. The molecule has 0 saturated carbocycles. The molecule has 0 spiro atoms. The van der Waals surface area contributed by atoms with Crippen LogP contribution in [0, 0.1) is 0 Å². The number of aliphatic hydroxyl groups excluding tert-OH is 1. The van der Waals surface area contributed by atoms with Gasteiger partial charge < -0.3 is 9.84 Å². The summed E-state index contributed by atoms with van der Waals surface area (Å²) < 4.78 is 4.99. The molecular weight excluding hydrogens is 214 g/mol. The van der Waals surface area contributed by atoms with Crippen LogP contribution in [0.4, 0.5) is 0 Å². The first-order valence-corrected chi connectivity index (χ1v) is 5.07. The maximum atomic E-state index is 8.91. The van der Waals surface area contributed by atoms with E-state index >= 15 is 0 Å². The van der Waals surface area contributed by atoms with E-state index in [-0.39, 0.29) is 6.61 Å². The van der Waals surface area contributed by atoms with Gasteiger partial charge in [0.2, 0.25) is 5.88 Å². The molecule has 78 valence electrons. The Kier molecular flexibility index (Phi) is 2.89. The lowest BCUT2D eigenvalue weighted by Gasteiger charge is -1.98. The highest BCUT2D eigenvalue weighted by molar-refractivity contribution is 7.14. The van der Waals surface area contributed by atoms with Crippen molar-refractivity contribution >= 4 is 11.3 Å². The summed E-state index contributed by atoms with van der Waals surface area (Å²) in [5.41, 5.74) is 0.701. The molecule has 5 nitrogen and oxygen atoms in total. The highest BCUT2D eigenvalue weighted by atomic mass is 32.1. The first kappa shape index (κ1) is 10.0. The molecule has 0 bridgehead atoms. The molecule has 0 aliphatic rings. The number of hydrogen-bond acceptors (Lipinski definition) is 6. The normalized spacial score (nSPS) is 10.3. The van der Waals surface area contributed by atoms with Gasteiger partial charge in [-0.1, -0.05) is 0 Å². The van der Waals surface area contributed by atoms with Gasteiger partial charge in [-0.3, -0.25) is 0 Å². The maximum absolute atomic E-state index is 8.91. The monoisotopic (exact) mass is 223 g/mol. The third kappa shape index (κ3) is 2.11. The van der Waals surface area contributed by atoms with Crippen LogP contribution in [0.5, 0.6) is 5.88 Å². The highest BCUT2D eigenvalue weighted by Crippen LogP contribution is 2.24. The van der Waals surface area contributed by atoms with Crippen LogP contribution in [-0.4, -0.2) is 27.2 Å². The number of methoxy groups -OCH3 is 1. The minimum absolute atomic E-state index is 0.000114. The summed E-state index contributed by atoms with van der Waals surface area (Å²) in [6.45, 7) is -0.000114. The first-order chi connectivity index (χ1) is 7.33. The van der Waals surface area contributed by atoms with Gasteiger partial charge in [-0.2, -0.15) is 0 Å². The number of nitrogens with zero attached hydrogens (tertiary/aromatic N) is 3. The van der Waals surface area contributed by atoms with Crippen molar-refractivity contribution in [2.75, 3.05) is 7.11 Å². The van der Waals surface area contributed by atoms with Crippen molar-refractivity contribution in [3.8, 4) is 16.6 Å². The van der Waals surface area contributed by atoms with Gasteiger partial charge in [0.1, 0.15) is 17.0 Å². The van der Waals surface area contributed by atoms with Gasteiger partial charge in [0.15, 0.2) is 0 Å². The number of ether oxygens (including phenoxy) is 1. The molecular formula is C9H9N3O2S. The Morgan fingerprint density at radius 1 is 1.40 bits per heavy atom. The average molecular weight is 223 g/mol. The summed E-state index contributed by atoms with van der Waals surface area (Å²) in [5.74, 6) is 0.501. The lowest BCUT2D eigenvalue weighted by Crippen LogP contribution is -1.90. The molecule has 2 heterocycles. The molecule has 2 aromatic heterocycles. The molecule has 0 aromatic carbocycles. The molecule has 6 heteroatoms. The lowest BCUT2D eigenvalue weighted by atomic mass is 10.4. The number of aliphatic hydroxyl groups is 1. The van der Waals surface area contributed by atoms with E-state index < -0.39 is 0 Å². The Labute approximate surface area is 90.4 Å². The first-order valence-electron chi connectivity index (χ1n) is 4.25. The van der Waals surface area contributed by atoms with E-state index in [4.69, 9.17) is 9.84 Å². The van der Waals surface area contributed by atoms with Crippen molar-refractivity contribution < 1.29 is 9.84 Å². The van der Waals surface area contributed by atoms with Crippen molar-refractivity contribution in [2.45, 2.75) is 6.61 Å².